The summed E-state index contributed by atoms with van der Waals surface area (Å²) in [6.07, 6.45) is 16.6. The van der Waals surface area contributed by atoms with Gasteiger partial charge >= 0.3 is 0 Å². The molecule has 0 spiro atoms. The number of unbranched alkanes of at least 4 members (excludes halogenated alkanes) is 2. The maximum absolute atomic E-state index is 5.23. The SMILES string of the molecule is C/C=N\N1C=CC(Cc2ccc(Nc3ncnc4cc5c(nc34)N(CCCCC)CC(C)CC5)cc2C)=CC1=C(C)C. The van der Waals surface area contributed by atoms with E-state index in [-0.39, 0.29) is 0 Å². The van der Waals surface area contributed by atoms with Gasteiger partial charge in [0.05, 0.1) is 11.2 Å². The van der Waals surface area contributed by atoms with Crippen LogP contribution in [0.25, 0.3) is 11.0 Å². The van der Waals surface area contributed by atoms with Gasteiger partial charge in [-0.1, -0.05) is 38.3 Å². The topological polar surface area (TPSA) is 69.5 Å². The van der Waals surface area contributed by atoms with Crippen LogP contribution in [0.15, 0.2) is 70.9 Å². The summed E-state index contributed by atoms with van der Waals surface area (Å²) in [5.74, 6) is 2.51. The van der Waals surface area contributed by atoms with Gasteiger partial charge in [-0.3, -0.25) is 0 Å². The monoisotopic (exact) mass is 563 g/mol. The van der Waals surface area contributed by atoms with Crippen LogP contribution in [-0.4, -0.2) is 39.3 Å². The Bertz CT molecular complexity index is 1540. The van der Waals surface area contributed by atoms with Crippen LogP contribution >= 0.6 is 0 Å². The third-order valence-electron chi connectivity index (χ3n) is 8.19. The van der Waals surface area contributed by atoms with Gasteiger partial charge in [0.25, 0.3) is 0 Å². The summed E-state index contributed by atoms with van der Waals surface area (Å²) in [7, 11) is 0. The molecule has 7 heteroatoms. The number of fused-ring (bicyclic) bond motifs is 2. The first-order valence-electron chi connectivity index (χ1n) is 15.5. The van der Waals surface area contributed by atoms with E-state index in [0.29, 0.717) is 5.92 Å². The van der Waals surface area contributed by atoms with Crippen molar-refractivity contribution < 1.29 is 0 Å². The Kier molecular flexibility index (Phi) is 9.35. The minimum atomic E-state index is 0.645. The zero-order valence-electron chi connectivity index (χ0n) is 26.1. The predicted octanol–water partition coefficient (Wildman–Crippen LogP) is 8.25. The van der Waals surface area contributed by atoms with Crippen LogP contribution < -0.4 is 10.2 Å². The van der Waals surface area contributed by atoms with Gasteiger partial charge in [0.15, 0.2) is 5.82 Å². The maximum Gasteiger partial charge on any atom is 0.160 e. The highest BCUT2D eigenvalue weighted by atomic mass is 15.4. The fourth-order valence-electron chi connectivity index (χ4n) is 5.84. The number of hydrazone groups is 1. The maximum atomic E-state index is 5.23. The van der Waals surface area contributed by atoms with Crippen molar-refractivity contribution in [1.82, 2.24) is 20.0 Å². The van der Waals surface area contributed by atoms with E-state index in [4.69, 9.17) is 4.98 Å². The molecule has 220 valence electrons. The van der Waals surface area contributed by atoms with Crippen LogP contribution in [0.1, 0.15) is 77.0 Å². The number of allylic oxidation sites excluding steroid dienone is 4. The van der Waals surface area contributed by atoms with Crippen molar-refractivity contribution >= 4 is 34.6 Å². The number of hydrogen-bond acceptors (Lipinski definition) is 7. The van der Waals surface area contributed by atoms with Crippen molar-refractivity contribution in [3.63, 3.8) is 0 Å². The third-order valence-corrected chi connectivity index (χ3v) is 8.19. The Morgan fingerprint density at radius 3 is 2.79 bits per heavy atom. The molecule has 0 bridgehead atoms. The quantitative estimate of drug-likeness (QED) is 0.209. The van der Waals surface area contributed by atoms with Gasteiger partial charge < -0.3 is 10.2 Å². The highest BCUT2D eigenvalue weighted by molar-refractivity contribution is 5.89. The van der Waals surface area contributed by atoms with Gasteiger partial charge in [-0.05, 0) is 112 Å². The number of aromatic nitrogens is 3. The molecule has 3 aromatic rings. The molecule has 7 nitrogen and oxygen atoms in total. The van der Waals surface area contributed by atoms with E-state index in [0.717, 1.165) is 60.0 Å². The van der Waals surface area contributed by atoms with Crippen molar-refractivity contribution in [3.05, 3.63) is 82.5 Å². The molecule has 2 aromatic heterocycles. The first kappa shape index (κ1) is 29.5. The Hall–Kier alpha value is -4.00. The fraction of sp³-hybridized carbons (Fsp3) is 0.429. The van der Waals surface area contributed by atoms with Gasteiger partial charge in [0.1, 0.15) is 17.7 Å². The molecule has 0 fully saturated rings. The Balaban J connectivity index is 1.39. The molecule has 5 rings (SSSR count). The normalized spacial score (nSPS) is 17.0. The second-order valence-corrected chi connectivity index (χ2v) is 11.9. The van der Waals surface area contributed by atoms with Crippen molar-refractivity contribution in [2.45, 2.75) is 80.1 Å². The molecule has 2 aliphatic rings. The van der Waals surface area contributed by atoms with E-state index < -0.39 is 0 Å². The van der Waals surface area contributed by atoms with E-state index in [1.165, 1.54) is 53.5 Å². The minimum Gasteiger partial charge on any atom is -0.356 e. The molecule has 1 atom stereocenters. The highest BCUT2D eigenvalue weighted by Crippen LogP contribution is 2.33. The second kappa shape index (κ2) is 13.3. The Labute approximate surface area is 251 Å². The van der Waals surface area contributed by atoms with Gasteiger partial charge in [-0.2, -0.15) is 5.10 Å². The molecule has 1 aromatic carbocycles. The molecule has 1 unspecified atom stereocenters. The van der Waals surface area contributed by atoms with Crippen LogP contribution in [0.2, 0.25) is 0 Å². The van der Waals surface area contributed by atoms with E-state index in [2.05, 4.69) is 96.3 Å². The summed E-state index contributed by atoms with van der Waals surface area (Å²) in [5.41, 5.74) is 10.2. The highest BCUT2D eigenvalue weighted by Gasteiger charge is 2.22. The fourth-order valence-corrected chi connectivity index (χ4v) is 5.84. The molecule has 0 radical (unpaired) electrons. The largest absolute Gasteiger partial charge is 0.356 e. The number of rotatable bonds is 9. The zero-order valence-corrected chi connectivity index (χ0v) is 26.1. The van der Waals surface area contributed by atoms with Crippen LogP contribution in [0.3, 0.4) is 0 Å². The molecule has 0 saturated heterocycles. The van der Waals surface area contributed by atoms with Crippen molar-refractivity contribution in [2.75, 3.05) is 23.3 Å². The molecule has 42 heavy (non-hydrogen) atoms. The van der Waals surface area contributed by atoms with Crippen LogP contribution in [-0.2, 0) is 12.8 Å². The predicted molar refractivity (Wildman–Crippen MR) is 176 cm³/mol. The summed E-state index contributed by atoms with van der Waals surface area (Å²) in [6.45, 7) is 15.1. The van der Waals surface area contributed by atoms with Gasteiger partial charge in [0, 0.05) is 31.2 Å². The Morgan fingerprint density at radius 1 is 1.17 bits per heavy atom. The molecular formula is C35H45N7. The van der Waals surface area contributed by atoms with Crippen LogP contribution in [0, 0.1) is 12.8 Å². The minimum absolute atomic E-state index is 0.645. The Morgan fingerprint density at radius 2 is 2.02 bits per heavy atom. The van der Waals surface area contributed by atoms with E-state index in [1.807, 2.05) is 24.3 Å². The molecular weight excluding hydrogens is 518 g/mol. The average Bonchev–Trinajstić information content (AvgIpc) is 3.12. The number of nitrogens with one attached hydrogen (secondary N) is 1. The smallest absolute Gasteiger partial charge is 0.160 e. The zero-order chi connectivity index (χ0) is 29.6. The van der Waals surface area contributed by atoms with Gasteiger partial charge in [0.2, 0.25) is 0 Å². The van der Waals surface area contributed by atoms with Crippen molar-refractivity contribution in [3.8, 4) is 0 Å². The number of hydrogen-bond donors (Lipinski definition) is 1. The lowest BCUT2D eigenvalue weighted by Crippen LogP contribution is -2.29. The third kappa shape index (κ3) is 6.72. The summed E-state index contributed by atoms with van der Waals surface area (Å²) in [6, 6.07) is 8.79. The molecule has 4 heterocycles. The first-order chi connectivity index (χ1) is 20.4. The summed E-state index contributed by atoms with van der Waals surface area (Å²) >= 11 is 0. The van der Waals surface area contributed by atoms with E-state index in [1.54, 1.807) is 6.33 Å². The van der Waals surface area contributed by atoms with Crippen LogP contribution in [0.5, 0.6) is 0 Å². The van der Waals surface area contributed by atoms with Crippen molar-refractivity contribution in [2.24, 2.45) is 11.0 Å². The summed E-state index contributed by atoms with van der Waals surface area (Å²) in [5, 5.41) is 9.96. The molecule has 0 aliphatic carbocycles. The summed E-state index contributed by atoms with van der Waals surface area (Å²) < 4.78 is 0. The average molecular weight is 564 g/mol. The second-order valence-electron chi connectivity index (χ2n) is 11.9. The van der Waals surface area contributed by atoms with Gasteiger partial charge in [-0.25, -0.2) is 20.0 Å². The van der Waals surface area contributed by atoms with E-state index >= 15 is 0 Å². The molecule has 0 amide bonds. The lowest BCUT2D eigenvalue weighted by molar-refractivity contribution is 0.504. The van der Waals surface area contributed by atoms with Crippen molar-refractivity contribution in [1.29, 1.82) is 0 Å². The first-order valence-corrected chi connectivity index (χ1v) is 15.5. The number of anilines is 3. The number of nitrogens with zero attached hydrogens (tertiary/aromatic N) is 6. The van der Waals surface area contributed by atoms with E-state index in [9.17, 15) is 0 Å². The summed E-state index contributed by atoms with van der Waals surface area (Å²) in [4.78, 5) is 17.0. The van der Waals surface area contributed by atoms with Gasteiger partial charge in [-0.15, -0.1) is 0 Å². The lowest BCUT2D eigenvalue weighted by Gasteiger charge is -2.26. The molecule has 2 aliphatic heterocycles. The molecule has 1 N–H and O–H groups in total. The number of pyridine rings is 1. The standard InChI is InChI=1S/C35H45N7/c1-7-9-10-16-41-22-25(5)11-12-29-21-31-33(40-35(29)41)34(37-23-36-31)39-30-14-13-28(26(6)18-30)19-27-15-17-42(38-8-2)32(20-27)24(3)4/h8,13-15,17-18,20-21,23,25H,7,9-12,16,19,22H2,1-6H3,(H,36,37,39)/b38-8-. The number of aryl methyl sites for hydroxylation is 2. The molecule has 0 saturated carbocycles. The lowest BCUT2D eigenvalue weighted by atomic mass is 9.97. The number of benzene rings is 1. The van der Waals surface area contributed by atoms with Crippen LogP contribution in [0.4, 0.5) is 17.3 Å².